The molecule has 0 fully saturated rings. The van der Waals surface area contributed by atoms with Crippen molar-refractivity contribution in [1.82, 2.24) is 0 Å². The van der Waals surface area contributed by atoms with Crippen molar-refractivity contribution < 1.29 is 25.2 Å². The zero-order chi connectivity index (χ0) is 15.0. The Morgan fingerprint density at radius 3 is 1.95 bits per heavy atom. The van der Waals surface area contributed by atoms with Crippen molar-refractivity contribution in [3.05, 3.63) is 0 Å². The Kier molecular flexibility index (Phi) is 9.56. The van der Waals surface area contributed by atoms with Crippen LogP contribution < -0.4 is 0 Å². The number of hydrogen-bond donors (Lipinski definition) is 4. The van der Waals surface area contributed by atoms with Gasteiger partial charge in [0.1, 0.15) is 12.2 Å². The van der Waals surface area contributed by atoms with E-state index in [0.717, 1.165) is 19.3 Å². The van der Waals surface area contributed by atoms with Crippen molar-refractivity contribution in [1.29, 1.82) is 0 Å². The van der Waals surface area contributed by atoms with E-state index in [1.165, 1.54) is 7.11 Å². The van der Waals surface area contributed by atoms with Crippen LogP contribution in [0.15, 0.2) is 0 Å². The quantitative estimate of drug-likeness (QED) is 0.468. The van der Waals surface area contributed by atoms with Crippen molar-refractivity contribution >= 4 is 0 Å². The van der Waals surface area contributed by atoms with E-state index in [0.29, 0.717) is 0 Å². The smallest absolute Gasteiger partial charge is 0.109 e. The van der Waals surface area contributed by atoms with Gasteiger partial charge in [-0.25, -0.2) is 0 Å². The number of methoxy groups -OCH3 is 1. The van der Waals surface area contributed by atoms with Gasteiger partial charge in [-0.3, -0.25) is 0 Å². The fraction of sp³-hybridized carbons (Fsp3) is 1.00. The number of rotatable bonds is 10. The van der Waals surface area contributed by atoms with Crippen molar-refractivity contribution in [3.8, 4) is 0 Å². The highest BCUT2D eigenvalue weighted by atomic mass is 16.5. The van der Waals surface area contributed by atoms with Crippen LogP contribution in [0.5, 0.6) is 0 Å². The van der Waals surface area contributed by atoms with Gasteiger partial charge in [0, 0.05) is 19.6 Å². The fourth-order valence-corrected chi connectivity index (χ4v) is 2.24. The predicted molar refractivity (Wildman–Crippen MR) is 73.8 cm³/mol. The normalized spacial score (nSPS) is 21.5. The lowest BCUT2D eigenvalue weighted by Gasteiger charge is -2.33. The molecule has 0 rings (SSSR count). The summed E-state index contributed by atoms with van der Waals surface area (Å²) < 4.78 is 5.27. The summed E-state index contributed by atoms with van der Waals surface area (Å²) in [5, 5.41) is 38.9. The molecule has 0 aliphatic rings. The third-order valence-corrected chi connectivity index (χ3v) is 3.75. The molecule has 0 aromatic heterocycles. The SMILES string of the molecule is CCCCC(C)C(OC)C(O)C(O)C(O)C(C)CO. The van der Waals surface area contributed by atoms with Crippen LogP contribution in [0.3, 0.4) is 0 Å². The maximum absolute atomic E-state index is 10.1. The van der Waals surface area contributed by atoms with Crippen molar-refractivity contribution in [2.75, 3.05) is 13.7 Å². The van der Waals surface area contributed by atoms with E-state index < -0.39 is 30.3 Å². The van der Waals surface area contributed by atoms with Gasteiger partial charge in [-0.15, -0.1) is 0 Å². The predicted octanol–water partition coefficient (Wildman–Crippen LogP) is 0.539. The van der Waals surface area contributed by atoms with Crippen LogP contribution in [0, 0.1) is 11.8 Å². The minimum atomic E-state index is -1.32. The van der Waals surface area contributed by atoms with Gasteiger partial charge >= 0.3 is 0 Å². The molecule has 5 heteroatoms. The van der Waals surface area contributed by atoms with Gasteiger partial charge in [-0.2, -0.15) is 0 Å². The van der Waals surface area contributed by atoms with Crippen molar-refractivity contribution in [2.24, 2.45) is 11.8 Å². The van der Waals surface area contributed by atoms with Crippen LogP contribution >= 0.6 is 0 Å². The highest BCUT2D eigenvalue weighted by Gasteiger charge is 2.36. The molecule has 0 radical (unpaired) electrons. The minimum absolute atomic E-state index is 0.0891. The summed E-state index contributed by atoms with van der Waals surface area (Å²) in [5.74, 6) is -0.403. The lowest BCUT2D eigenvalue weighted by atomic mass is 9.88. The molecule has 0 saturated heterocycles. The Bertz CT molecular complexity index is 224. The topological polar surface area (TPSA) is 90.2 Å². The summed E-state index contributed by atoms with van der Waals surface area (Å²) in [4.78, 5) is 0. The highest BCUT2D eigenvalue weighted by Crippen LogP contribution is 2.22. The Hall–Kier alpha value is -0.200. The molecule has 4 N–H and O–H groups in total. The monoisotopic (exact) mass is 278 g/mol. The van der Waals surface area contributed by atoms with E-state index in [2.05, 4.69) is 6.92 Å². The van der Waals surface area contributed by atoms with Gasteiger partial charge in [0.05, 0.1) is 12.2 Å². The number of hydrogen-bond acceptors (Lipinski definition) is 5. The first-order valence-electron chi connectivity index (χ1n) is 7.08. The first-order chi connectivity index (χ1) is 8.90. The molecule has 0 aromatic carbocycles. The van der Waals surface area contributed by atoms with Gasteiger partial charge in [-0.05, 0) is 12.3 Å². The summed E-state index contributed by atoms with van der Waals surface area (Å²) in [6, 6.07) is 0. The number of aliphatic hydroxyl groups is 4. The van der Waals surface area contributed by atoms with Crippen molar-refractivity contribution in [3.63, 3.8) is 0 Å². The highest BCUT2D eigenvalue weighted by molar-refractivity contribution is 4.86. The Morgan fingerprint density at radius 2 is 1.53 bits per heavy atom. The van der Waals surface area contributed by atoms with Gasteiger partial charge in [-0.1, -0.05) is 33.6 Å². The molecule has 5 nitrogen and oxygen atoms in total. The lowest BCUT2D eigenvalue weighted by molar-refractivity contribution is -0.140. The molecule has 0 saturated carbocycles. The van der Waals surface area contributed by atoms with E-state index >= 15 is 0 Å². The standard InChI is InChI=1S/C14H30O5/c1-5-6-7-9(2)14(19-4)13(18)12(17)11(16)10(3)8-15/h9-18H,5-8H2,1-4H3. The summed E-state index contributed by atoms with van der Waals surface area (Å²) >= 11 is 0. The fourth-order valence-electron chi connectivity index (χ4n) is 2.24. The molecule has 6 unspecified atom stereocenters. The third-order valence-electron chi connectivity index (χ3n) is 3.75. The van der Waals surface area contributed by atoms with E-state index in [1.807, 2.05) is 6.92 Å². The van der Waals surface area contributed by atoms with Gasteiger partial charge < -0.3 is 25.2 Å². The van der Waals surface area contributed by atoms with Crippen molar-refractivity contribution in [2.45, 2.75) is 64.4 Å². The zero-order valence-corrected chi connectivity index (χ0v) is 12.5. The largest absolute Gasteiger partial charge is 0.396 e. The van der Waals surface area contributed by atoms with E-state index in [4.69, 9.17) is 9.84 Å². The summed E-state index contributed by atoms with van der Waals surface area (Å²) in [5.41, 5.74) is 0. The molecular formula is C14H30O5. The average molecular weight is 278 g/mol. The molecule has 0 aromatic rings. The van der Waals surface area contributed by atoms with Gasteiger partial charge in [0.25, 0.3) is 0 Å². The molecule has 19 heavy (non-hydrogen) atoms. The molecule has 0 spiro atoms. The van der Waals surface area contributed by atoms with Crippen LogP contribution in [0.2, 0.25) is 0 Å². The molecule has 0 aliphatic heterocycles. The second-order valence-corrected chi connectivity index (χ2v) is 5.45. The first kappa shape index (κ1) is 18.8. The molecule has 0 amide bonds. The van der Waals surface area contributed by atoms with Crippen LogP contribution in [0.4, 0.5) is 0 Å². The van der Waals surface area contributed by atoms with Gasteiger partial charge in [0.15, 0.2) is 0 Å². The summed E-state index contributed by atoms with van der Waals surface area (Å²) in [7, 11) is 1.49. The Labute approximate surface area is 116 Å². The second kappa shape index (κ2) is 9.66. The Morgan fingerprint density at radius 1 is 0.947 bits per heavy atom. The van der Waals surface area contributed by atoms with Gasteiger partial charge in [0.2, 0.25) is 0 Å². The molecule has 0 aliphatic carbocycles. The Balaban J connectivity index is 4.59. The molecule has 116 valence electrons. The number of unbranched alkanes of at least 4 members (excludes halogenated alkanes) is 1. The van der Waals surface area contributed by atoms with E-state index in [-0.39, 0.29) is 12.5 Å². The van der Waals surface area contributed by atoms with E-state index in [1.54, 1.807) is 6.92 Å². The third kappa shape index (κ3) is 5.75. The number of aliphatic hydroxyl groups excluding tert-OH is 4. The molecular weight excluding hydrogens is 248 g/mol. The zero-order valence-electron chi connectivity index (χ0n) is 12.5. The van der Waals surface area contributed by atoms with Crippen LogP contribution in [0.25, 0.3) is 0 Å². The summed E-state index contributed by atoms with van der Waals surface area (Å²) in [6.45, 7) is 5.42. The molecule has 6 atom stereocenters. The summed E-state index contributed by atoms with van der Waals surface area (Å²) in [6.07, 6.45) is -1.21. The maximum Gasteiger partial charge on any atom is 0.109 e. The first-order valence-corrected chi connectivity index (χ1v) is 7.08. The van der Waals surface area contributed by atoms with E-state index in [9.17, 15) is 15.3 Å². The minimum Gasteiger partial charge on any atom is -0.396 e. The van der Waals surface area contributed by atoms with Crippen LogP contribution in [-0.4, -0.2) is 58.6 Å². The number of ether oxygens (including phenoxy) is 1. The average Bonchev–Trinajstić information content (AvgIpc) is 2.42. The lowest BCUT2D eigenvalue weighted by Crippen LogP contribution is -2.49. The maximum atomic E-state index is 10.1. The molecule has 0 bridgehead atoms. The van der Waals surface area contributed by atoms with Crippen LogP contribution in [0.1, 0.15) is 40.0 Å². The molecule has 0 heterocycles. The second-order valence-electron chi connectivity index (χ2n) is 5.45. The van der Waals surface area contributed by atoms with Crippen LogP contribution in [-0.2, 0) is 4.74 Å².